The molecule has 0 radical (unpaired) electrons. The van der Waals surface area contributed by atoms with E-state index in [9.17, 15) is 4.39 Å². The Balaban J connectivity index is 2.63. The minimum absolute atomic E-state index is 0.217. The van der Waals surface area contributed by atoms with Gasteiger partial charge < -0.3 is 10.3 Å². The molecule has 108 valence electrons. The maximum absolute atomic E-state index is 13.7. The third kappa shape index (κ3) is 2.59. The van der Waals surface area contributed by atoms with Gasteiger partial charge >= 0.3 is 0 Å². The summed E-state index contributed by atoms with van der Waals surface area (Å²) in [5.74, 6) is 1.46. The third-order valence-electron chi connectivity index (χ3n) is 3.20. The van der Waals surface area contributed by atoms with Gasteiger partial charge in [0, 0.05) is 17.5 Å². The molecule has 2 aromatic rings. The van der Waals surface area contributed by atoms with Crippen LogP contribution in [0, 0.1) is 5.82 Å². The topological polar surface area (TPSA) is 43.8 Å². The SMILES string of the molecule is CC(C)c1nc(-c2ccc(Br)c(F)c2)c(N)n1C(C)C. The van der Waals surface area contributed by atoms with Crippen molar-refractivity contribution in [2.75, 3.05) is 5.73 Å². The van der Waals surface area contributed by atoms with Crippen LogP contribution in [-0.2, 0) is 0 Å². The molecule has 0 saturated heterocycles. The summed E-state index contributed by atoms with van der Waals surface area (Å²) in [4.78, 5) is 4.63. The van der Waals surface area contributed by atoms with Crippen molar-refractivity contribution in [3.63, 3.8) is 0 Å². The molecule has 0 unspecified atom stereocenters. The summed E-state index contributed by atoms with van der Waals surface area (Å²) in [5.41, 5.74) is 7.57. The van der Waals surface area contributed by atoms with E-state index in [1.807, 2.05) is 10.6 Å². The Labute approximate surface area is 127 Å². The van der Waals surface area contributed by atoms with Crippen LogP contribution < -0.4 is 5.73 Å². The van der Waals surface area contributed by atoms with Crippen molar-refractivity contribution in [3.05, 3.63) is 34.3 Å². The summed E-state index contributed by atoms with van der Waals surface area (Å²) >= 11 is 3.15. The lowest BCUT2D eigenvalue weighted by molar-refractivity contribution is 0.556. The van der Waals surface area contributed by atoms with Gasteiger partial charge in [0.1, 0.15) is 23.2 Å². The third-order valence-corrected chi connectivity index (χ3v) is 3.84. The van der Waals surface area contributed by atoms with Crippen molar-refractivity contribution in [3.8, 4) is 11.3 Å². The number of aromatic nitrogens is 2. The minimum Gasteiger partial charge on any atom is -0.383 e. The van der Waals surface area contributed by atoms with E-state index in [0.717, 1.165) is 5.82 Å². The number of anilines is 1. The number of imidazole rings is 1. The lowest BCUT2D eigenvalue weighted by Gasteiger charge is -2.15. The zero-order chi connectivity index (χ0) is 15.0. The molecule has 0 spiro atoms. The van der Waals surface area contributed by atoms with Gasteiger partial charge in [-0.15, -0.1) is 0 Å². The molecule has 0 saturated carbocycles. The Morgan fingerprint density at radius 2 is 1.90 bits per heavy atom. The van der Waals surface area contributed by atoms with Crippen LogP contribution in [0.4, 0.5) is 10.2 Å². The van der Waals surface area contributed by atoms with Crippen molar-refractivity contribution >= 4 is 21.7 Å². The van der Waals surface area contributed by atoms with E-state index in [1.165, 1.54) is 6.07 Å². The summed E-state index contributed by atoms with van der Waals surface area (Å²) in [6.45, 7) is 8.28. The van der Waals surface area contributed by atoms with Crippen molar-refractivity contribution in [2.24, 2.45) is 0 Å². The molecule has 0 aliphatic heterocycles. The number of nitrogen functional groups attached to an aromatic ring is 1. The van der Waals surface area contributed by atoms with Crippen LogP contribution in [0.3, 0.4) is 0 Å². The first-order valence-electron chi connectivity index (χ1n) is 6.66. The minimum atomic E-state index is -0.313. The molecule has 1 aromatic heterocycles. The molecule has 3 nitrogen and oxygen atoms in total. The van der Waals surface area contributed by atoms with E-state index in [0.29, 0.717) is 21.5 Å². The number of rotatable bonds is 3. The van der Waals surface area contributed by atoms with Gasteiger partial charge in [0.2, 0.25) is 0 Å². The van der Waals surface area contributed by atoms with Crippen LogP contribution in [-0.4, -0.2) is 9.55 Å². The Morgan fingerprint density at radius 1 is 1.25 bits per heavy atom. The Kier molecular flexibility index (Phi) is 4.18. The molecule has 20 heavy (non-hydrogen) atoms. The first-order valence-corrected chi connectivity index (χ1v) is 7.45. The molecule has 1 aromatic carbocycles. The smallest absolute Gasteiger partial charge is 0.138 e. The van der Waals surface area contributed by atoms with Gasteiger partial charge in [-0.2, -0.15) is 0 Å². The molecule has 0 aliphatic carbocycles. The van der Waals surface area contributed by atoms with E-state index in [2.05, 4.69) is 48.6 Å². The molecule has 2 N–H and O–H groups in total. The number of nitrogens with two attached hydrogens (primary N) is 1. The van der Waals surface area contributed by atoms with Gasteiger partial charge in [0.05, 0.1) is 4.47 Å². The molecule has 0 amide bonds. The van der Waals surface area contributed by atoms with E-state index in [-0.39, 0.29) is 17.8 Å². The van der Waals surface area contributed by atoms with E-state index < -0.39 is 0 Å². The highest BCUT2D eigenvalue weighted by Gasteiger charge is 2.20. The second kappa shape index (κ2) is 5.56. The number of benzene rings is 1. The Morgan fingerprint density at radius 3 is 2.35 bits per heavy atom. The molecule has 2 rings (SSSR count). The fraction of sp³-hybridized carbons (Fsp3) is 0.400. The zero-order valence-electron chi connectivity index (χ0n) is 12.1. The van der Waals surface area contributed by atoms with Crippen LogP contribution in [0.15, 0.2) is 22.7 Å². The summed E-state index contributed by atoms with van der Waals surface area (Å²) in [5, 5.41) is 0. The molecule has 1 heterocycles. The lowest BCUT2D eigenvalue weighted by Crippen LogP contribution is -2.10. The van der Waals surface area contributed by atoms with Crippen LogP contribution in [0.5, 0.6) is 0 Å². The lowest BCUT2D eigenvalue weighted by atomic mass is 10.1. The number of hydrogen-bond donors (Lipinski definition) is 1. The normalized spacial score (nSPS) is 11.6. The van der Waals surface area contributed by atoms with Gasteiger partial charge in [-0.05, 0) is 41.9 Å². The van der Waals surface area contributed by atoms with Crippen LogP contribution in [0.1, 0.15) is 45.5 Å². The first kappa shape index (κ1) is 15.0. The molecule has 0 aliphatic rings. The summed E-state index contributed by atoms with van der Waals surface area (Å²) < 4.78 is 16.1. The number of hydrogen-bond acceptors (Lipinski definition) is 2. The van der Waals surface area contributed by atoms with E-state index >= 15 is 0 Å². The van der Waals surface area contributed by atoms with Gasteiger partial charge in [-0.25, -0.2) is 9.37 Å². The van der Waals surface area contributed by atoms with Crippen molar-refractivity contribution < 1.29 is 4.39 Å². The standard InChI is InChI=1S/C15H19BrFN3/c1-8(2)15-19-13(14(18)20(15)9(3)4)10-5-6-11(16)12(17)7-10/h5-9H,18H2,1-4H3. The Bertz CT molecular complexity index is 632. The Hall–Kier alpha value is -1.36. The second-order valence-corrected chi connectivity index (χ2v) is 6.31. The molecular weight excluding hydrogens is 321 g/mol. The summed E-state index contributed by atoms with van der Waals surface area (Å²) in [6, 6.07) is 5.17. The fourth-order valence-electron chi connectivity index (χ4n) is 2.27. The van der Waals surface area contributed by atoms with Crippen molar-refractivity contribution in [2.45, 2.75) is 39.7 Å². The van der Waals surface area contributed by atoms with Gasteiger partial charge in [0.25, 0.3) is 0 Å². The highest BCUT2D eigenvalue weighted by atomic mass is 79.9. The van der Waals surface area contributed by atoms with E-state index in [1.54, 1.807) is 6.07 Å². The van der Waals surface area contributed by atoms with Gasteiger partial charge in [-0.1, -0.05) is 19.9 Å². The van der Waals surface area contributed by atoms with Gasteiger partial charge in [0.15, 0.2) is 0 Å². The molecule has 0 atom stereocenters. The van der Waals surface area contributed by atoms with E-state index in [4.69, 9.17) is 5.73 Å². The van der Waals surface area contributed by atoms with Crippen LogP contribution in [0.25, 0.3) is 11.3 Å². The number of nitrogens with zero attached hydrogens (tertiary/aromatic N) is 2. The highest BCUT2D eigenvalue weighted by Crippen LogP contribution is 2.33. The monoisotopic (exact) mass is 339 g/mol. The zero-order valence-corrected chi connectivity index (χ0v) is 13.7. The summed E-state index contributed by atoms with van der Waals surface area (Å²) in [7, 11) is 0. The quantitative estimate of drug-likeness (QED) is 0.877. The first-order chi connectivity index (χ1) is 9.32. The predicted octanol–water partition coefficient (Wildman–Crippen LogP) is 4.74. The fourth-order valence-corrected chi connectivity index (χ4v) is 2.52. The molecule has 5 heteroatoms. The molecular formula is C15H19BrFN3. The highest BCUT2D eigenvalue weighted by molar-refractivity contribution is 9.10. The average molecular weight is 340 g/mol. The summed E-state index contributed by atoms with van der Waals surface area (Å²) in [6.07, 6.45) is 0. The maximum atomic E-state index is 13.7. The van der Waals surface area contributed by atoms with Crippen molar-refractivity contribution in [1.29, 1.82) is 0 Å². The molecule has 0 bridgehead atoms. The van der Waals surface area contributed by atoms with Crippen LogP contribution in [0.2, 0.25) is 0 Å². The maximum Gasteiger partial charge on any atom is 0.138 e. The molecule has 0 fully saturated rings. The second-order valence-electron chi connectivity index (χ2n) is 5.45. The van der Waals surface area contributed by atoms with Crippen molar-refractivity contribution in [1.82, 2.24) is 9.55 Å². The average Bonchev–Trinajstić information content (AvgIpc) is 2.71. The largest absolute Gasteiger partial charge is 0.383 e. The van der Waals surface area contributed by atoms with Crippen LogP contribution >= 0.6 is 15.9 Å². The number of halogens is 2. The van der Waals surface area contributed by atoms with Gasteiger partial charge in [-0.3, -0.25) is 0 Å². The predicted molar refractivity (Wildman–Crippen MR) is 84.2 cm³/mol.